The van der Waals surface area contributed by atoms with Crippen LogP contribution in [-0.2, 0) is 10.0 Å². The molecule has 2 aromatic heterocycles. The van der Waals surface area contributed by atoms with Crippen LogP contribution in [0.1, 0.15) is 28.2 Å². The fourth-order valence-corrected chi connectivity index (χ4v) is 5.69. The van der Waals surface area contributed by atoms with Gasteiger partial charge in [-0.1, -0.05) is 6.07 Å². The molecular weight excluding hydrogens is 428 g/mol. The third-order valence-corrected chi connectivity index (χ3v) is 7.57. The summed E-state index contributed by atoms with van der Waals surface area (Å²) in [7, 11) is -3.74. The quantitative estimate of drug-likeness (QED) is 0.621. The van der Waals surface area contributed by atoms with E-state index in [1.54, 1.807) is 30.4 Å². The molecule has 0 aliphatic carbocycles. The molecule has 7 nitrogen and oxygen atoms in total. The molecule has 0 spiro atoms. The first-order valence-electron chi connectivity index (χ1n) is 8.90. The van der Waals surface area contributed by atoms with E-state index in [0.717, 1.165) is 17.0 Å². The number of aryl methyl sites for hydroxylation is 1. The molecule has 1 aliphatic heterocycles. The van der Waals surface area contributed by atoms with Gasteiger partial charge < -0.3 is 5.32 Å². The number of thiazole rings is 1. The van der Waals surface area contributed by atoms with Crippen molar-refractivity contribution < 1.29 is 13.2 Å². The molecule has 29 heavy (non-hydrogen) atoms. The van der Waals surface area contributed by atoms with Gasteiger partial charge in [0.05, 0.1) is 10.6 Å². The maximum Gasteiger partial charge on any atom is 0.267 e. The third kappa shape index (κ3) is 4.39. The van der Waals surface area contributed by atoms with Gasteiger partial charge in [-0.2, -0.15) is 11.3 Å². The molecule has 0 radical (unpaired) electrons. The van der Waals surface area contributed by atoms with Crippen molar-refractivity contribution in [2.45, 2.75) is 24.7 Å². The van der Waals surface area contributed by atoms with Crippen LogP contribution in [-0.4, -0.2) is 31.7 Å². The van der Waals surface area contributed by atoms with E-state index in [2.05, 4.69) is 20.0 Å². The molecule has 150 valence electrons. The zero-order valence-corrected chi connectivity index (χ0v) is 18.0. The minimum absolute atomic E-state index is 0.0740. The van der Waals surface area contributed by atoms with Gasteiger partial charge in [0.15, 0.2) is 0 Å². The van der Waals surface area contributed by atoms with Crippen LogP contribution in [0, 0.1) is 6.92 Å². The smallest absolute Gasteiger partial charge is 0.267 e. The first-order valence-corrected chi connectivity index (χ1v) is 12.1. The van der Waals surface area contributed by atoms with Crippen molar-refractivity contribution in [3.8, 4) is 10.6 Å². The van der Waals surface area contributed by atoms with E-state index in [4.69, 9.17) is 0 Å². The molecule has 2 N–H and O–H groups in total. The summed E-state index contributed by atoms with van der Waals surface area (Å²) in [5.41, 5.74) is 2.02. The average molecular weight is 447 g/mol. The van der Waals surface area contributed by atoms with Crippen molar-refractivity contribution in [1.29, 1.82) is 0 Å². The van der Waals surface area contributed by atoms with Gasteiger partial charge in [-0.05, 0) is 43.0 Å². The molecule has 1 aromatic carbocycles. The summed E-state index contributed by atoms with van der Waals surface area (Å²) in [6.07, 6.45) is 1.46. The lowest BCUT2D eigenvalue weighted by Gasteiger charge is -2.10. The molecule has 0 bridgehead atoms. The lowest BCUT2D eigenvalue weighted by Crippen LogP contribution is -2.29. The molecule has 0 unspecified atom stereocenters. The Kier molecular flexibility index (Phi) is 5.48. The summed E-state index contributed by atoms with van der Waals surface area (Å²) >= 11 is 2.88. The van der Waals surface area contributed by atoms with Gasteiger partial charge in [-0.15, -0.1) is 11.3 Å². The molecule has 3 heterocycles. The Hall–Kier alpha value is -2.56. The minimum atomic E-state index is -3.74. The summed E-state index contributed by atoms with van der Waals surface area (Å²) < 4.78 is 27.7. The standard InChI is InChI=1S/C19H18N4O3S3/c1-12-17(28-19(21-12)13-7-9-27-11-13)18(24)22-14-4-2-5-15(10-14)29(25,26)23-16-6-3-8-20-16/h2,4-5,7,9-11H,3,6,8H2,1H3,(H,20,23)(H,22,24). The van der Waals surface area contributed by atoms with Crippen LogP contribution < -0.4 is 10.0 Å². The van der Waals surface area contributed by atoms with Gasteiger partial charge in [0.1, 0.15) is 15.7 Å². The summed E-state index contributed by atoms with van der Waals surface area (Å²) in [6, 6.07) is 8.13. The van der Waals surface area contributed by atoms with Crippen molar-refractivity contribution in [2.75, 3.05) is 11.9 Å². The molecule has 4 rings (SSSR count). The van der Waals surface area contributed by atoms with Crippen molar-refractivity contribution in [2.24, 2.45) is 4.99 Å². The molecule has 0 fully saturated rings. The monoisotopic (exact) mass is 446 g/mol. The summed E-state index contributed by atoms with van der Waals surface area (Å²) in [5, 5.41) is 7.50. The molecule has 3 aromatic rings. The minimum Gasteiger partial charge on any atom is -0.321 e. The Labute approximate surface area is 176 Å². The van der Waals surface area contributed by atoms with Gasteiger partial charge >= 0.3 is 0 Å². The number of aliphatic imine (C=N–C) groups is 1. The zero-order chi connectivity index (χ0) is 20.4. The first kappa shape index (κ1) is 19.7. The highest BCUT2D eigenvalue weighted by molar-refractivity contribution is 7.90. The Morgan fingerprint density at radius 2 is 2.10 bits per heavy atom. The van der Waals surface area contributed by atoms with Crippen molar-refractivity contribution in [3.63, 3.8) is 0 Å². The van der Waals surface area contributed by atoms with E-state index in [-0.39, 0.29) is 10.8 Å². The van der Waals surface area contributed by atoms with Crippen molar-refractivity contribution in [1.82, 2.24) is 9.71 Å². The summed E-state index contributed by atoms with van der Waals surface area (Å²) in [4.78, 5) is 21.9. The molecule has 1 amide bonds. The molecule has 1 aliphatic rings. The van der Waals surface area contributed by atoms with Gasteiger partial charge in [0, 0.05) is 29.6 Å². The summed E-state index contributed by atoms with van der Waals surface area (Å²) in [5.74, 6) is 0.157. The molecule has 0 atom stereocenters. The predicted octanol–water partition coefficient (Wildman–Crippen LogP) is 3.90. The second kappa shape index (κ2) is 8.05. The number of benzene rings is 1. The zero-order valence-electron chi connectivity index (χ0n) is 15.5. The topological polar surface area (TPSA) is 101 Å². The van der Waals surface area contributed by atoms with Crippen LogP contribution in [0.4, 0.5) is 5.69 Å². The summed E-state index contributed by atoms with van der Waals surface area (Å²) in [6.45, 7) is 2.42. The highest BCUT2D eigenvalue weighted by Crippen LogP contribution is 2.30. The van der Waals surface area contributed by atoms with Gasteiger partial charge in [0.25, 0.3) is 15.9 Å². The number of nitrogens with zero attached hydrogens (tertiary/aromatic N) is 2. The number of nitrogens with one attached hydrogen (secondary N) is 2. The van der Waals surface area contributed by atoms with E-state index < -0.39 is 10.0 Å². The average Bonchev–Trinajstić information content (AvgIpc) is 3.43. The maximum absolute atomic E-state index is 12.7. The highest BCUT2D eigenvalue weighted by Gasteiger charge is 2.20. The third-order valence-electron chi connectivity index (χ3n) is 4.30. The van der Waals surface area contributed by atoms with Crippen LogP contribution >= 0.6 is 22.7 Å². The predicted molar refractivity (Wildman–Crippen MR) is 116 cm³/mol. The number of carbonyl (C=O) groups is 1. The second-order valence-electron chi connectivity index (χ2n) is 6.47. The van der Waals surface area contributed by atoms with Crippen LogP contribution in [0.5, 0.6) is 0 Å². The Bertz CT molecular complexity index is 1180. The van der Waals surface area contributed by atoms with E-state index >= 15 is 0 Å². The number of hydrogen-bond acceptors (Lipinski definition) is 7. The van der Waals surface area contributed by atoms with Gasteiger partial charge in [0.2, 0.25) is 0 Å². The van der Waals surface area contributed by atoms with E-state index in [0.29, 0.717) is 35.1 Å². The van der Waals surface area contributed by atoms with E-state index in [9.17, 15) is 13.2 Å². The van der Waals surface area contributed by atoms with Crippen molar-refractivity contribution >= 4 is 50.1 Å². The Morgan fingerprint density at radius 3 is 2.83 bits per heavy atom. The number of sulfonamides is 1. The first-order chi connectivity index (χ1) is 13.9. The Balaban J connectivity index is 1.53. The Morgan fingerprint density at radius 1 is 1.24 bits per heavy atom. The molecule has 10 heteroatoms. The number of amidine groups is 1. The molecule has 0 saturated heterocycles. The van der Waals surface area contributed by atoms with Crippen molar-refractivity contribution in [3.05, 3.63) is 51.7 Å². The van der Waals surface area contributed by atoms with E-state index in [1.165, 1.54) is 23.5 Å². The largest absolute Gasteiger partial charge is 0.321 e. The number of rotatable bonds is 5. The van der Waals surface area contributed by atoms with Crippen LogP contribution in [0.2, 0.25) is 0 Å². The molecular formula is C19H18N4O3S3. The molecule has 0 saturated carbocycles. The number of amides is 1. The van der Waals surface area contributed by atoms with Gasteiger partial charge in [-0.3, -0.25) is 14.5 Å². The second-order valence-corrected chi connectivity index (χ2v) is 9.93. The number of carbonyl (C=O) groups excluding carboxylic acids is 1. The van der Waals surface area contributed by atoms with Gasteiger partial charge in [-0.25, -0.2) is 13.4 Å². The van der Waals surface area contributed by atoms with Crippen LogP contribution in [0.3, 0.4) is 0 Å². The normalized spacial score (nSPS) is 13.9. The highest BCUT2D eigenvalue weighted by atomic mass is 32.2. The number of thiophene rings is 1. The maximum atomic E-state index is 12.7. The van der Waals surface area contributed by atoms with E-state index in [1.807, 2.05) is 16.8 Å². The fraction of sp³-hybridized carbons (Fsp3) is 0.211. The number of aromatic nitrogens is 1. The number of hydrogen-bond donors (Lipinski definition) is 2. The lowest BCUT2D eigenvalue weighted by molar-refractivity contribution is 0.102. The SMILES string of the molecule is Cc1nc(-c2ccsc2)sc1C(=O)Nc1cccc(S(=O)(=O)NC2=NCCC2)c1. The fourth-order valence-electron chi connectivity index (χ4n) is 2.88. The van der Waals surface area contributed by atoms with Crippen LogP contribution in [0.15, 0.2) is 51.0 Å². The number of anilines is 1. The van der Waals surface area contributed by atoms with Crippen LogP contribution in [0.25, 0.3) is 10.6 Å². The lowest BCUT2D eigenvalue weighted by atomic mass is 10.3.